The topological polar surface area (TPSA) is 73.4 Å². The minimum Gasteiger partial charge on any atom is -0.444 e. The van der Waals surface area contributed by atoms with Gasteiger partial charge in [-0.15, -0.1) is 0 Å². The molecule has 2 heterocycles. The van der Waals surface area contributed by atoms with Gasteiger partial charge in [0.15, 0.2) is 0 Å². The molecule has 0 saturated carbocycles. The van der Waals surface area contributed by atoms with Gasteiger partial charge in [0, 0.05) is 13.1 Å². The summed E-state index contributed by atoms with van der Waals surface area (Å²) in [6.45, 7) is 8.96. The van der Waals surface area contributed by atoms with Crippen molar-refractivity contribution in [1.29, 1.82) is 0 Å². The Hall–Kier alpha value is -2.42. The van der Waals surface area contributed by atoms with Gasteiger partial charge in [0.05, 0.1) is 11.4 Å². The first kappa shape index (κ1) is 17.4. The zero-order valence-corrected chi connectivity index (χ0v) is 15.4. The minimum absolute atomic E-state index is 0.0783. The van der Waals surface area contributed by atoms with Crippen molar-refractivity contribution >= 4 is 23.3 Å². The van der Waals surface area contributed by atoms with E-state index < -0.39 is 5.60 Å². The summed E-state index contributed by atoms with van der Waals surface area (Å²) in [5, 5.41) is 1.71. The summed E-state index contributed by atoms with van der Waals surface area (Å²) in [5.74, 6) is 0.463. The highest BCUT2D eigenvalue weighted by Gasteiger charge is 2.28. The van der Waals surface area contributed by atoms with Gasteiger partial charge in [-0.3, -0.25) is 0 Å². The molecule has 1 atom stereocenters. The van der Waals surface area contributed by atoms with Crippen molar-refractivity contribution in [2.75, 3.05) is 18.8 Å². The summed E-state index contributed by atoms with van der Waals surface area (Å²) >= 11 is 0. The van der Waals surface area contributed by atoms with Crippen LogP contribution in [0.2, 0.25) is 0 Å². The van der Waals surface area contributed by atoms with Gasteiger partial charge in [0.25, 0.3) is 0 Å². The molecule has 1 aliphatic carbocycles. The molecule has 1 aromatic rings. The van der Waals surface area contributed by atoms with Gasteiger partial charge in [0.1, 0.15) is 11.0 Å². The zero-order chi connectivity index (χ0) is 18.2. The number of imidazole rings is 1. The van der Waals surface area contributed by atoms with Gasteiger partial charge in [-0.05, 0) is 64.3 Å². The van der Waals surface area contributed by atoms with Gasteiger partial charge < -0.3 is 19.9 Å². The first-order valence-corrected chi connectivity index (χ1v) is 8.80. The maximum atomic E-state index is 12.5. The maximum absolute atomic E-state index is 12.5. The first-order chi connectivity index (χ1) is 11.8. The molecule has 2 N–H and O–H groups in total. The average Bonchev–Trinajstić information content (AvgIpc) is 2.68. The molecule has 1 aromatic heterocycles. The van der Waals surface area contributed by atoms with Crippen molar-refractivity contribution < 1.29 is 9.53 Å². The number of likely N-dealkylation sites (tertiary alicyclic amines) is 1. The van der Waals surface area contributed by atoms with Crippen LogP contribution < -0.4 is 16.4 Å². The number of nitrogen functional groups attached to an aromatic ring is 1. The third-order valence-electron chi connectivity index (χ3n) is 4.45. The summed E-state index contributed by atoms with van der Waals surface area (Å²) in [7, 11) is 0. The highest BCUT2D eigenvalue weighted by atomic mass is 16.6. The standard InChI is InChI=1S/C19H26N4O2/c1-13-8-7-10-15-16(13)23(17(20)21-15)14-9-5-6-11-22(12-14)18(24)25-19(2,3)4/h8,14H,5-6,9,11-12H2,1-4H3,(H2,20,21)/t14-/m1/s1. The lowest BCUT2D eigenvalue weighted by Crippen LogP contribution is -2.42. The van der Waals surface area contributed by atoms with Crippen molar-refractivity contribution in [3.63, 3.8) is 0 Å². The monoisotopic (exact) mass is 342 g/mol. The molecule has 0 aromatic carbocycles. The molecule has 0 spiro atoms. The number of carbonyl (C=O) groups is 1. The largest absolute Gasteiger partial charge is 0.444 e. The van der Waals surface area contributed by atoms with Crippen LogP contribution in [0.1, 0.15) is 53.0 Å². The Morgan fingerprint density at radius 1 is 1.40 bits per heavy atom. The Labute approximate surface area is 148 Å². The number of nitrogens with zero attached hydrogens (tertiary/aromatic N) is 3. The van der Waals surface area contributed by atoms with Gasteiger partial charge in [-0.2, -0.15) is 0 Å². The summed E-state index contributed by atoms with van der Waals surface area (Å²) in [6, 6.07) is 0.0783. The molecule has 1 aliphatic heterocycles. The molecule has 6 heteroatoms. The highest BCUT2D eigenvalue weighted by molar-refractivity contribution is 5.68. The Morgan fingerprint density at radius 2 is 2.16 bits per heavy atom. The number of allylic oxidation sites excluding steroid dienone is 1. The predicted octanol–water partition coefficient (Wildman–Crippen LogP) is 1.70. The van der Waals surface area contributed by atoms with E-state index in [2.05, 4.69) is 21.0 Å². The Kier molecular flexibility index (Phi) is 4.51. The zero-order valence-electron chi connectivity index (χ0n) is 15.4. The van der Waals surface area contributed by atoms with Crippen molar-refractivity contribution in [3.05, 3.63) is 22.5 Å². The molecule has 6 nitrogen and oxygen atoms in total. The summed E-state index contributed by atoms with van der Waals surface area (Å²) in [5.41, 5.74) is 12.8. The second-order valence-corrected chi connectivity index (χ2v) is 7.71. The molecular formula is C19H26N4O2. The van der Waals surface area contributed by atoms with E-state index in [1.807, 2.05) is 33.8 Å². The van der Waals surface area contributed by atoms with Crippen LogP contribution in [0.5, 0.6) is 0 Å². The molecule has 134 valence electrons. The lowest BCUT2D eigenvalue weighted by atomic mass is 10.1. The number of anilines is 1. The SMILES string of the molecule is CC1=c2c(nc(N)n2[C@@H]2CCCCN(C(=O)OC(C)(C)C)C2)=C=C=C1. The van der Waals surface area contributed by atoms with Crippen LogP contribution in [0.3, 0.4) is 0 Å². The number of hydrogen-bond donors (Lipinski definition) is 1. The van der Waals surface area contributed by atoms with Crippen LogP contribution in [-0.2, 0) is 4.74 Å². The van der Waals surface area contributed by atoms with E-state index in [1.165, 1.54) is 0 Å². The van der Waals surface area contributed by atoms with Gasteiger partial charge >= 0.3 is 6.09 Å². The van der Waals surface area contributed by atoms with E-state index >= 15 is 0 Å². The molecule has 1 fully saturated rings. The summed E-state index contributed by atoms with van der Waals surface area (Å²) in [4.78, 5) is 18.8. The molecule has 0 radical (unpaired) electrons. The van der Waals surface area contributed by atoms with Crippen molar-refractivity contribution in [3.8, 4) is 0 Å². The Balaban J connectivity index is 1.94. The van der Waals surface area contributed by atoms with Gasteiger partial charge in [0.2, 0.25) is 5.95 Å². The number of rotatable bonds is 1. The fourth-order valence-electron chi connectivity index (χ4n) is 3.39. The summed E-state index contributed by atoms with van der Waals surface area (Å²) in [6.07, 6.45) is 4.57. The Bertz CT molecular complexity index is 878. The van der Waals surface area contributed by atoms with Crippen molar-refractivity contribution in [2.45, 2.75) is 58.6 Å². The first-order valence-electron chi connectivity index (χ1n) is 8.80. The van der Waals surface area contributed by atoms with Crippen LogP contribution in [-0.4, -0.2) is 39.2 Å². The number of amides is 1. The van der Waals surface area contributed by atoms with E-state index in [-0.39, 0.29) is 12.1 Å². The molecule has 0 unspecified atom stereocenters. The number of hydrogen-bond acceptors (Lipinski definition) is 4. The van der Waals surface area contributed by atoms with E-state index in [1.54, 1.807) is 4.90 Å². The second-order valence-electron chi connectivity index (χ2n) is 7.71. The predicted molar refractivity (Wildman–Crippen MR) is 97.2 cm³/mol. The second kappa shape index (κ2) is 6.47. The molecular weight excluding hydrogens is 316 g/mol. The molecule has 3 rings (SSSR count). The minimum atomic E-state index is -0.499. The van der Waals surface area contributed by atoms with Crippen LogP contribution in [0, 0.1) is 0 Å². The lowest BCUT2D eigenvalue weighted by Gasteiger charge is -2.29. The fourth-order valence-corrected chi connectivity index (χ4v) is 3.39. The normalized spacial score (nSPS) is 20.1. The average molecular weight is 342 g/mol. The molecule has 1 amide bonds. The third-order valence-corrected chi connectivity index (χ3v) is 4.45. The van der Waals surface area contributed by atoms with Crippen LogP contribution >= 0.6 is 0 Å². The molecule has 1 saturated heterocycles. The molecule has 25 heavy (non-hydrogen) atoms. The van der Waals surface area contributed by atoms with Gasteiger partial charge in [-0.1, -0.05) is 5.73 Å². The van der Waals surface area contributed by atoms with E-state index in [0.29, 0.717) is 19.0 Å². The third kappa shape index (κ3) is 3.65. The number of ether oxygens (including phenoxy) is 1. The highest BCUT2D eigenvalue weighted by Crippen LogP contribution is 2.23. The fraction of sp³-hybridized carbons (Fsp3) is 0.579. The lowest BCUT2D eigenvalue weighted by molar-refractivity contribution is 0.0237. The van der Waals surface area contributed by atoms with Gasteiger partial charge in [-0.25, -0.2) is 9.78 Å². The number of nitrogens with two attached hydrogens (primary N) is 1. The van der Waals surface area contributed by atoms with Crippen molar-refractivity contribution in [2.24, 2.45) is 0 Å². The molecule has 2 aliphatic rings. The molecule has 0 bridgehead atoms. The van der Waals surface area contributed by atoms with E-state index in [9.17, 15) is 4.79 Å². The Morgan fingerprint density at radius 3 is 2.88 bits per heavy atom. The number of fused-ring (bicyclic) bond motifs is 1. The number of carbonyl (C=O) groups excluding carboxylic acids is 1. The number of aromatic nitrogens is 2. The van der Waals surface area contributed by atoms with Crippen LogP contribution in [0.25, 0.3) is 11.3 Å². The quantitative estimate of drug-likeness (QED) is 0.789. The van der Waals surface area contributed by atoms with Crippen molar-refractivity contribution in [1.82, 2.24) is 14.5 Å². The van der Waals surface area contributed by atoms with E-state index in [0.717, 1.165) is 35.5 Å². The summed E-state index contributed by atoms with van der Waals surface area (Å²) < 4.78 is 7.61. The van der Waals surface area contributed by atoms with Crippen LogP contribution in [0.4, 0.5) is 10.7 Å². The van der Waals surface area contributed by atoms with E-state index in [4.69, 9.17) is 10.5 Å². The van der Waals surface area contributed by atoms with Crippen LogP contribution in [0.15, 0.2) is 11.8 Å². The smallest absolute Gasteiger partial charge is 0.410 e. The maximum Gasteiger partial charge on any atom is 0.410 e.